The van der Waals surface area contributed by atoms with Gasteiger partial charge in [-0.2, -0.15) is 0 Å². The molecule has 2 amide bonds. The third kappa shape index (κ3) is 4.72. The molecule has 1 fully saturated rings. The van der Waals surface area contributed by atoms with E-state index in [-0.39, 0.29) is 16.5 Å². The second kappa shape index (κ2) is 9.49. The number of hydrogen-bond acceptors (Lipinski definition) is 3. The fourth-order valence-corrected chi connectivity index (χ4v) is 5.24. The molecule has 1 aromatic heterocycles. The molecule has 0 unspecified atom stereocenters. The predicted octanol–water partition coefficient (Wildman–Crippen LogP) is 7.51. The Hall–Kier alpha value is -3.13. The summed E-state index contributed by atoms with van der Waals surface area (Å²) in [5, 5.41) is 0.933. The number of hydrogen-bond donors (Lipinski definition) is 0. The molecule has 0 aliphatic carbocycles. The Morgan fingerprint density at radius 1 is 0.857 bits per heavy atom. The second-order valence-corrected chi connectivity index (χ2v) is 9.78. The van der Waals surface area contributed by atoms with Gasteiger partial charge in [-0.1, -0.05) is 53.5 Å². The van der Waals surface area contributed by atoms with Gasteiger partial charge >= 0.3 is 0 Å². The van der Waals surface area contributed by atoms with Crippen molar-refractivity contribution in [1.29, 1.82) is 0 Å². The van der Waals surface area contributed by atoms with Gasteiger partial charge in [-0.25, -0.2) is 8.78 Å². The zero-order valence-electron chi connectivity index (χ0n) is 18.0. The Bertz CT molecular complexity index is 1530. The third-order valence-electron chi connectivity index (χ3n) is 5.68. The van der Waals surface area contributed by atoms with Gasteiger partial charge in [-0.15, -0.1) is 0 Å². The van der Waals surface area contributed by atoms with Crippen molar-refractivity contribution in [1.82, 2.24) is 9.47 Å². The average molecular weight is 529 g/mol. The SMILES string of the molecule is O=C1SC(=Cc2cn(Cc3ccc(F)cc3Cl)c3ccccc23)C(=O)N1Cc1ccc(F)cc1Cl. The summed E-state index contributed by atoms with van der Waals surface area (Å²) in [5.74, 6) is -1.35. The Morgan fingerprint density at radius 2 is 1.49 bits per heavy atom. The van der Waals surface area contributed by atoms with Gasteiger partial charge in [0.1, 0.15) is 11.6 Å². The van der Waals surface area contributed by atoms with Gasteiger partial charge in [0.05, 0.1) is 11.4 Å². The smallest absolute Gasteiger partial charge is 0.293 e. The first-order valence-electron chi connectivity index (χ1n) is 10.5. The maximum Gasteiger partial charge on any atom is 0.293 e. The van der Waals surface area contributed by atoms with Crippen LogP contribution < -0.4 is 0 Å². The fourth-order valence-electron chi connectivity index (χ4n) is 3.95. The van der Waals surface area contributed by atoms with Gasteiger partial charge in [0.2, 0.25) is 0 Å². The van der Waals surface area contributed by atoms with Gasteiger partial charge in [0.15, 0.2) is 0 Å². The first-order chi connectivity index (χ1) is 16.8. The Balaban J connectivity index is 1.47. The molecule has 0 bridgehead atoms. The highest BCUT2D eigenvalue weighted by Gasteiger charge is 2.35. The number of thioether (sulfide) groups is 1. The van der Waals surface area contributed by atoms with Gasteiger partial charge < -0.3 is 4.57 Å². The molecule has 4 nitrogen and oxygen atoms in total. The number of para-hydroxylation sites is 1. The van der Waals surface area contributed by atoms with E-state index in [0.29, 0.717) is 17.1 Å². The van der Waals surface area contributed by atoms with Crippen LogP contribution in [0.1, 0.15) is 16.7 Å². The van der Waals surface area contributed by atoms with E-state index in [0.717, 1.165) is 44.8 Å². The van der Waals surface area contributed by atoms with Gasteiger partial charge in [0, 0.05) is 39.3 Å². The van der Waals surface area contributed by atoms with Crippen molar-refractivity contribution in [2.75, 3.05) is 0 Å². The number of benzene rings is 3. The van der Waals surface area contributed by atoms with E-state index in [1.807, 2.05) is 35.0 Å². The van der Waals surface area contributed by atoms with Crippen molar-refractivity contribution in [2.24, 2.45) is 0 Å². The average Bonchev–Trinajstić information content (AvgIpc) is 3.29. The molecule has 0 N–H and O–H groups in total. The number of halogens is 4. The topological polar surface area (TPSA) is 42.3 Å². The van der Waals surface area contributed by atoms with Crippen molar-refractivity contribution >= 4 is 63.1 Å². The van der Waals surface area contributed by atoms with Crippen LogP contribution in [0.2, 0.25) is 10.0 Å². The van der Waals surface area contributed by atoms with Crippen LogP contribution in [0.4, 0.5) is 13.6 Å². The Labute approximate surface area is 213 Å². The summed E-state index contributed by atoms with van der Waals surface area (Å²) in [5.41, 5.74) is 2.88. The minimum Gasteiger partial charge on any atom is -0.342 e. The van der Waals surface area contributed by atoms with E-state index >= 15 is 0 Å². The predicted molar refractivity (Wildman–Crippen MR) is 135 cm³/mol. The second-order valence-electron chi connectivity index (χ2n) is 7.97. The van der Waals surface area contributed by atoms with E-state index in [9.17, 15) is 18.4 Å². The zero-order chi connectivity index (χ0) is 24.7. The van der Waals surface area contributed by atoms with E-state index in [1.165, 1.54) is 24.3 Å². The van der Waals surface area contributed by atoms with E-state index in [1.54, 1.807) is 12.1 Å². The van der Waals surface area contributed by atoms with Gasteiger partial charge in [-0.3, -0.25) is 14.5 Å². The number of carbonyl (C=O) groups is 2. The number of fused-ring (bicyclic) bond motifs is 1. The summed E-state index contributed by atoms with van der Waals surface area (Å²) in [6, 6.07) is 15.7. The summed E-state index contributed by atoms with van der Waals surface area (Å²) < 4.78 is 28.8. The molecule has 0 atom stereocenters. The number of nitrogens with zero attached hydrogens (tertiary/aromatic N) is 2. The minimum absolute atomic E-state index is 0.0497. The maximum atomic E-state index is 13.5. The van der Waals surface area contributed by atoms with Crippen molar-refractivity contribution < 1.29 is 18.4 Å². The molecule has 1 aliphatic heterocycles. The molecule has 0 spiro atoms. The maximum absolute atomic E-state index is 13.5. The van der Waals surface area contributed by atoms with Crippen LogP contribution >= 0.6 is 35.0 Å². The number of aromatic nitrogens is 1. The molecule has 2 heterocycles. The van der Waals surface area contributed by atoms with Crippen molar-refractivity contribution in [3.63, 3.8) is 0 Å². The molecular formula is C26H16Cl2F2N2O2S. The number of carbonyl (C=O) groups excluding carboxylic acids is 2. The lowest BCUT2D eigenvalue weighted by Crippen LogP contribution is -2.27. The van der Waals surface area contributed by atoms with Crippen LogP contribution in [-0.2, 0) is 17.9 Å². The lowest BCUT2D eigenvalue weighted by Gasteiger charge is -2.13. The molecule has 0 radical (unpaired) electrons. The zero-order valence-corrected chi connectivity index (χ0v) is 20.3. The molecule has 3 aromatic carbocycles. The summed E-state index contributed by atoms with van der Waals surface area (Å²) in [4.78, 5) is 27.0. The number of imide groups is 1. The van der Waals surface area contributed by atoms with Gasteiger partial charge in [-0.05, 0) is 59.3 Å². The largest absolute Gasteiger partial charge is 0.342 e. The molecule has 1 saturated heterocycles. The lowest BCUT2D eigenvalue weighted by molar-refractivity contribution is -0.123. The van der Waals surface area contributed by atoms with E-state index < -0.39 is 22.8 Å². The molecular weight excluding hydrogens is 513 g/mol. The van der Waals surface area contributed by atoms with Crippen LogP contribution in [0, 0.1) is 11.6 Å². The molecule has 4 aromatic rings. The van der Waals surface area contributed by atoms with Crippen LogP contribution in [0.15, 0.2) is 71.8 Å². The molecule has 35 heavy (non-hydrogen) atoms. The standard InChI is InChI=1S/C26H16Cl2F2N2O2S/c27-21-10-18(29)7-5-15(21)12-31-13-17(20-3-1-2-4-23(20)31)9-24-25(33)32(26(34)35-24)14-16-6-8-19(30)11-22(16)28/h1-11,13H,12,14H2. The first-order valence-corrected chi connectivity index (χ1v) is 12.1. The Morgan fingerprint density at radius 3 is 2.14 bits per heavy atom. The van der Waals surface area contributed by atoms with Crippen LogP contribution in [-0.4, -0.2) is 20.6 Å². The Kier molecular flexibility index (Phi) is 6.40. The molecule has 0 saturated carbocycles. The minimum atomic E-state index is -0.494. The van der Waals surface area contributed by atoms with E-state index in [4.69, 9.17) is 23.2 Å². The first kappa shape index (κ1) is 23.6. The normalized spacial score (nSPS) is 15.1. The van der Waals surface area contributed by atoms with Crippen molar-refractivity contribution in [3.05, 3.63) is 110 Å². The quantitative estimate of drug-likeness (QED) is 0.251. The lowest BCUT2D eigenvalue weighted by atomic mass is 10.1. The third-order valence-corrected chi connectivity index (χ3v) is 7.29. The molecule has 5 rings (SSSR count). The molecule has 176 valence electrons. The number of rotatable bonds is 5. The fraction of sp³-hybridized carbons (Fsp3) is 0.0769. The van der Waals surface area contributed by atoms with E-state index in [2.05, 4.69) is 0 Å². The van der Waals surface area contributed by atoms with Crippen molar-refractivity contribution in [3.8, 4) is 0 Å². The highest BCUT2D eigenvalue weighted by Crippen LogP contribution is 2.36. The van der Waals surface area contributed by atoms with Gasteiger partial charge in [0.25, 0.3) is 11.1 Å². The van der Waals surface area contributed by atoms with Crippen LogP contribution in [0.25, 0.3) is 17.0 Å². The van der Waals surface area contributed by atoms with Crippen LogP contribution in [0.5, 0.6) is 0 Å². The highest BCUT2D eigenvalue weighted by atomic mass is 35.5. The number of amides is 2. The summed E-state index contributed by atoms with van der Waals surface area (Å²) in [6.07, 6.45) is 3.55. The summed E-state index contributed by atoms with van der Waals surface area (Å²) in [7, 11) is 0. The molecule has 9 heteroatoms. The monoisotopic (exact) mass is 528 g/mol. The van der Waals surface area contributed by atoms with Crippen molar-refractivity contribution in [2.45, 2.75) is 13.1 Å². The molecule has 1 aliphatic rings. The van der Waals surface area contributed by atoms with Crippen LogP contribution in [0.3, 0.4) is 0 Å². The summed E-state index contributed by atoms with van der Waals surface area (Å²) >= 11 is 13.1. The highest BCUT2D eigenvalue weighted by molar-refractivity contribution is 8.18. The summed E-state index contributed by atoms with van der Waals surface area (Å²) in [6.45, 7) is 0.351.